The second kappa shape index (κ2) is 12.4. The van der Waals surface area contributed by atoms with Gasteiger partial charge in [-0.15, -0.1) is 0 Å². The smallest absolute Gasteiger partial charge is 0.251 e. The summed E-state index contributed by atoms with van der Waals surface area (Å²) in [4.78, 5) is 17.1. The van der Waals surface area contributed by atoms with Crippen LogP contribution >= 0.6 is 0 Å². The summed E-state index contributed by atoms with van der Waals surface area (Å²) in [5.41, 5.74) is 2.98. The largest absolute Gasteiger partial charge is 0.772 e. The van der Waals surface area contributed by atoms with Crippen molar-refractivity contribution in [2.75, 3.05) is 49.2 Å². The summed E-state index contributed by atoms with van der Waals surface area (Å²) in [5, 5.41) is 13.2. The molecule has 2 aliphatic carbocycles. The first-order chi connectivity index (χ1) is 18.5. The summed E-state index contributed by atoms with van der Waals surface area (Å²) in [7, 11) is 0. The van der Waals surface area contributed by atoms with Crippen LogP contribution in [0, 0.1) is 11.3 Å². The molecule has 1 aromatic carbocycles. The molecule has 38 heavy (non-hydrogen) atoms. The monoisotopic (exact) mass is 540 g/mol. The molecule has 2 aromatic rings. The zero-order valence-electron chi connectivity index (χ0n) is 21.8. The van der Waals surface area contributed by atoms with Crippen LogP contribution in [0.25, 0.3) is 0 Å². The lowest BCUT2D eigenvalue weighted by atomic mass is 9.78. The Balaban J connectivity index is 0.947. The lowest BCUT2D eigenvalue weighted by Gasteiger charge is -2.29. The molecule has 0 radical (unpaired) electrons. The van der Waals surface area contributed by atoms with E-state index >= 15 is 0 Å². The third-order valence-corrected chi connectivity index (χ3v) is 8.81. The van der Waals surface area contributed by atoms with Crippen LogP contribution in [0.5, 0.6) is 5.75 Å². The highest BCUT2D eigenvalue weighted by Crippen LogP contribution is 2.57. The number of pyridine rings is 1. The molecule has 1 aliphatic heterocycles. The third-order valence-electron chi connectivity index (χ3n) is 8.27. The second-order valence-corrected chi connectivity index (χ2v) is 11.8. The van der Waals surface area contributed by atoms with E-state index in [9.17, 15) is 13.6 Å². The molecule has 4 N–H and O–H groups in total. The van der Waals surface area contributed by atoms with Gasteiger partial charge in [-0.05, 0) is 86.7 Å². The van der Waals surface area contributed by atoms with Crippen molar-refractivity contribution in [3.63, 3.8) is 0 Å². The SMILES string of the molecule is O=C(NC1CC12CCC(CCNCCNc1nccc3c1OCC3)CC2)c1ccc(NCCS(=O)[O-])cc1. The third kappa shape index (κ3) is 6.84. The van der Waals surface area contributed by atoms with Crippen molar-refractivity contribution >= 4 is 28.5 Å². The van der Waals surface area contributed by atoms with Gasteiger partial charge in [0.15, 0.2) is 11.6 Å². The lowest BCUT2D eigenvalue weighted by Crippen LogP contribution is -2.32. The van der Waals surface area contributed by atoms with Gasteiger partial charge < -0.3 is 30.6 Å². The molecule has 1 aromatic heterocycles. The molecule has 2 atom stereocenters. The van der Waals surface area contributed by atoms with Gasteiger partial charge in [-0.1, -0.05) is 11.1 Å². The minimum absolute atomic E-state index is 0.0266. The average Bonchev–Trinajstić information content (AvgIpc) is 3.32. The maximum absolute atomic E-state index is 12.7. The second-order valence-electron chi connectivity index (χ2n) is 10.8. The van der Waals surface area contributed by atoms with E-state index in [1.807, 2.05) is 24.4 Å². The lowest BCUT2D eigenvalue weighted by molar-refractivity contribution is 0.0940. The highest BCUT2D eigenvalue weighted by Gasteiger charge is 2.55. The van der Waals surface area contributed by atoms with Gasteiger partial charge in [0.2, 0.25) is 0 Å². The molecule has 5 rings (SSSR count). The minimum Gasteiger partial charge on any atom is -0.772 e. The number of hydrogen-bond acceptors (Lipinski definition) is 8. The number of anilines is 2. The van der Waals surface area contributed by atoms with Gasteiger partial charge in [-0.3, -0.25) is 9.00 Å². The molecule has 1 spiro atoms. The molecule has 1 amide bonds. The summed E-state index contributed by atoms with van der Waals surface area (Å²) >= 11 is -2.06. The molecule has 2 unspecified atom stereocenters. The summed E-state index contributed by atoms with van der Waals surface area (Å²) in [5.74, 6) is 2.56. The Morgan fingerprint density at radius 3 is 2.68 bits per heavy atom. The fourth-order valence-electron chi connectivity index (χ4n) is 5.84. The summed E-state index contributed by atoms with van der Waals surface area (Å²) < 4.78 is 27.0. The first-order valence-electron chi connectivity index (χ1n) is 13.8. The number of benzene rings is 1. The van der Waals surface area contributed by atoms with Crippen molar-refractivity contribution in [3.05, 3.63) is 47.7 Å². The number of carbonyl (C=O) groups excluding carboxylic acids is 1. The standard InChI is InChI=1S/C28H39N5O4S/c34-27(22-1-3-23(4-2-22)30-16-18-38(35)36)33-24-19-28(24)10-5-20(6-11-28)7-12-29-14-15-32-26-25-21(8-13-31-26)9-17-37-25/h1-4,8,13,20,24,29-30H,5-7,9-12,14-19H2,(H,31,32)(H,33,34)(H,35,36)/p-1. The Bertz CT molecular complexity index is 1120. The van der Waals surface area contributed by atoms with E-state index in [-0.39, 0.29) is 17.7 Å². The minimum atomic E-state index is -2.06. The van der Waals surface area contributed by atoms with Crippen molar-refractivity contribution in [1.82, 2.24) is 15.6 Å². The average molecular weight is 541 g/mol. The van der Waals surface area contributed by atoms with Crippen LogP contribution in [0.3, 0.4) is 0 Å². The van der Waals surface area contributed by atoms with Crippen molar-refractivity contribution in [2.24, 2.45) is 11.3 Å². The van der Waals surface area contributed by atoms with E-state index in [0.29, 0.717) is 17.5 Å². The zero-order valence-corrected chi connectivity index (χ0v) is 22.6. The molecule has 0 saturated heterocycles. The number of nitrogens with one attached hydrogen (secondary N) is 4. The topological polar surface area (TPSA) is 127 Å². The Morgan fingerprint density at radius 1 is 1.08 bits per heavy atom. The number of fused-ring (bicyclic) bond motifs is 1. The van der Waals surface area contributed by atoms with Crippen LogP contribution in [-0.2, 0) is 17.5 Å². The first-order valence-corrected chi connectivity index (χ1v) is 15.0. The highest BCUT2D eigenvalue weighted by atomic mass is 32.2. The molecule has 9 nitrogen and oxygen atoms in total. The molecule has 0 bridgehead atoms. The molecule has 2 heterocycles. The maximum Gasteiger partial charge on any atom is 0.251 e. The molecular weight excluding hydrogens is 502 g/mol. The number of carbonyl (C=O) groups is 1. The number of ether oxygens (including phenoxy) is 1. The van der Waals surface area contributed by atoms with Gasteiger partial charge in [0.05, 0.1) is 6.61 Å². The fraction of sp³-hybridized carbons (Fsp3) is 0.571. The van der Waals surface area contributed by atoms with E-state index in [4.69, 9.17) is 4.74 Å². The summed E-state index contributed by atoms with van der Waals surface area (Å²) in [6.45, 7) is 3.84. The summed E-state index contributed by atoms with van der Waals surface area (Å²) in [6, 6.07) is 9.53. The highest BCUT2D eigenvalue weighted by molar-refractivity contribution is 7.79. The Morgan fingerprint density at radius 2 is 1.89 bits per heavy atom. The van der Waals surface area contributed by atoms with E-state index in [1.54, 1.807) is 12.1 Å². The van der Waals surface area contributed by atoms with E-state index in [0.717, 1.165) is 62.3 Å². The molecule has 3 aliphatic rings. The van der Waals surface area contributed by atoms with Crippen LogP contribution in [0.15, 0.2) is 36.5 Å². The Kier molecular flexibility index (Phi) is 8.81. The van der Waals surface area contributed by atoms with Crippen molar-refractivity contribution < 1.29 is 18.3 Å². The number of hydrogen-bond donors (Lipinski definition) is 4. The van der Waals surface area contributed by atoms with Crippen LogP contribution in [0.2, 0.25) is 0 Å². The van der Waals surface area contributed by atoms with Gasteiger partial charge >= 0.3 is 0 Å². The Hall–Kier alpha value is -2.69. The molecule has 2 saturated carbocycles. The normalized spacial score (nSPS) is 24.3. The van der Waals surface area contributed by atoms with Crippen molar-refractivity contribution in [3.8, 4) is 5.75 Å². The number of amides is 1. The van der Waals surface area contributed by atoms with Gasteiger partial charge in [-0.2, -0.15) is 0 Å². The number of aromatic nitrogens is 1. The van der Waals surface area contributed by atoms with Crippen LogP contribution in [-0.4, -0.2) is 64.2 Å². The van der Waals surface area contributed by atoms with Crippen LogP contribution in [0.4, 0.5) is 11.5 Å². The fourth-order valence-corrected chi connectivity index (χ4v) is 6.11. The zero-order chi connectivity index (χ0) is 26.4. The molecular formula is C28H38N5O4S-. The van der Waals surface area contributed by atoms with Gasteiger partial charge in [-0.25, -0.2) is 4.98 Å². The van der Waals surface area contributed by atoms with Gasteiger partial charge in [0, 0.05) is 60.9 Å². The quantitative estimate of drug-likeness (QED) is 0.226. The predicted molar refractivity (Wildman–Crippen MR) is 148 cm³/mol. The first kappa shape index (κ1) is 26.9. The van der Waals surface area contributed by atoms with E-state index < -0.39 is 11.1 Å². The van der Waals surface area contributed by atoms with Crippen molar-refractivity contribution in [2.45, 2.75) is 51.0 Å². The van der Waals surface area contributed by atoms with Crippen LogP contribution in [0.1, 0.15) is 54.4 Å². The number of nitrogens with zero attached hydrogens (tertiary/aromatic N) is 1. The van der Waals surface area contributed by atoms with E-state index in [1.165, 1.54) is 37.7 Å². The van der Waals surface area contributed by atoms with Crippen LogP contribution < -0.4 is 26.0 Å². The van der Waals surface area contributed by atoms with Gasteiger partial charge in [0.25, 0.3) is 5.91 Å². The molecule has 206 valence electrons. The van der Waals surface area contributed by atoms with E-state index in [2.05, 4.69) is 26.3 Å². The van der Waals surface area contributed by atoms with Crippen molar-refractivity contribution in [1.29, 1.82) is 0 Å². The predicted octanol–water partition coefficient (Wildman–Crippen LogP) is 3.08. The van der Waals surface area contributed by atoms with Gasteiger partial charge in [0.1, 0.15) is 0 Å². The Labute approximate surface area is 227 Å². The molecule has 10 heteroatoms. The maximum atomic E-state index is 12.7. The summed E-state index contributed by atoms with van der Waals surface area (Å²) in [6.07, 6.45) is 9.94. The number of rotatable bonds is 13. The molecule has 2 fully saturated rings.